The molecule has 0 aliphatic rings. The summed E-state index contributed by atoms with van der Waals surface area (Å²) >= 11 is 4.21. The molecule has 0 atom stereocenters. The van der Waals surface area contributed by atoms with Gasteiger partial charge in [-0.05, 0) is 5.92 Å². The zero-order valence-corrected chi connectivity index (χ0v) is 6.97. The van der Waals surface area contributed by atoms with Gasteiger partial charge < -0.3 is 0 Å². The number of aromatic nitrogens is 2. The number of hydrogen-bond donors (Lipinski definition) is 1. The first kappa shape index (κ1) is 7.54. The zero-order chi connectivity index (χ0) is 7.56. The van der Waals surface area contributed by atoms with Crippen molar-refractivity contribution in [1.29, 1.82) is 0 Å². The van der Waals surface area contributed by atoms with Gasteiger partial charge in [-0.15, -0.1) is 12.6 Å². The van der Waals surface area contributed by atoms with Gasteiger partial charge >= 0.3 is 0 Å². The van der Waals surface area contributed by atoms with E-state index in [1.165, 1.54) is 0 Å². The summed E-state index contributed by atoms with van der Waals surface area (Å²) in [4.78, 5) is 8.80. The van der Waals surface area contributed by atoms with Crippen molar-refractivity contribution in [1.82, 2.24) is 9.97 Å². The highest BCUT2D eigenvalue weighted by atomic mass is 32.1. The van der Waals surface area contributed by atoms with Crippen molar-refractivity contribution in [2.45, 2.75) is 24.7 Å². The van der Waals surface area contributed by atoms with Gasteiger partial charge in [0, 0.05) is 11.1 Å². The lowest BCUT2D eigenvalue weighted by molar-refractivity contribution is 0.783. The fraction of sp³-hybridized carbons (Fsp3) is 0.429. The molecule has 0 N–H and O–H groups in total. The summed E-state index contributed by atoms with van der Waals surface area (Å²) in [5, 5.41) is 0. The van der Waals surface area contributed by atoms with E-state index in [1.807, 2.05) is 0 Å². The summed E-state index contributed by atoms with van der Waals surface area (Å²) in [6.07, 6.45) is 3.26. The van der Waals surface area contributed by atoms with Gasteiger partial charge in [0.1, 0.15) is 6.33 Å². The Balaban J connectivity index is 3.03. The molecule has 0 radical (unpaired) electrons. The molecule has 0 saturated heterocycles. The third-order valence-corrected chi connectivity index (χ3v) is 1.61. The summed E-state index contributed by atoms with van der Waals surface area (Å²) in [5.74, 6) is 0.426. The molecule has 54 valence electrons. The van der Waals surface area contributed by atoms with Gasteiger partial charge in [-0.1, -0.05) is 13.8 Å². The molecule has 1 rings (SSSR count). The Morgan fingerprint density at radius 2 is 2.20 bits per heavy atom. The molecule has 3 heteroatoms. The van der Waals surface area contributed by atoms with Crippen LogP contribution in [0.15, 0.2) is 17.4 Å². The molecular formula is C7H10N2S. The van der Waals surface area contributed by atoms with E-state index in [-0.39, 0.29) is 0 Å². The van der Waals surface area contributed by atoms with E-state index in [0.29, 0.717) is 5.92 Å². The molecule has 1 aromatic heterocycles. The lowest BCUT2D eigenvalue weighted by atomic mass is 10.1. The van der Waals surface area contributed by atoms with Crippen molar-refractivity contribution in [2.24, 2.45) is 0 Å². The average Bonchev–Trinajstić information content (AvgIpc) is 1.88. The lowest BCUT2D eigenvalue weighted by Crippen LogP contribution is -1.94. The Hall–Kier alpha value is -0.570. The maximum absolute atomic E-state index is 4.21. The zero-order valence-electron chi connectivity index (χ0n) is 6.07. The van der Waals surface area contributed by atoms with Gasteiger partial charge in [-0.2, -0.15) is 0 Å². The molecule has 0 aliphatic heterocycles. The molecule has 0 spiro atoms. The first-order valence-corrected chi connectivity index (χ1v) is 3.65. The second kappa shape index (κ2) is 3.01. The van der Waals surface area contributed by atoms with Gasteiger partial charge in [-0.25, -0.2) is 9.97 Å². The van der Waals surface area contributed by atoms with E-state index >= 15 is 0 Å². The average molecular weight is 154 g/mol. The fourth-order valence-electron chi connectivity index (χ4n) is 0.777. The maximum atomic E-state index is 4.21. The molecule has 0 bridgehead atoms. The highest BCUT2D eigenvalue weighted by Crippen LogP contribution is 2.17. The SMILES string of the molecule is CC(C)c1ncncc1S. The summed E-state index contributed by atoms with van der Waals surface area (Å²) in [7, 11) is 0. The molecule has 0 fully saturated rings. The van der Waals surface area contributed by atoms with E-state index in [0.717, 1.165) is 10.6 Å². The summed E-state index contributed by atoms with van der Waals surface area (Å²) in [6, 6.07) is 0. The van der Waals surface area contributed by atoms with Crippen LogP contribution in [0, 0.1) is 0 Å². The molecule has 0 aliphatic carbocycles. The van der Waals surface area contributed by atoms with Crippen LogP contribution in [0.3, 0.4) is 0 Å². The van der Waals surface area contributed by atoms with E-state index in [1.54, 1.807) is 12.5 Å². The molecule has 0 amide bonds. The molecule has 1 aromatic rings. The van der Waals surface area contributed by atoms with Crippen molar-refractivity contribution >= 4 is 12.6 Å². The lowest BCUT2D eigenvalue weighted by Gasteiger charge is -2.04. The van der Waals surface area contributed by atoms with Crippen molar-refractivity contribution in [2.75, 3.05) is 0 Å². The fourth-order valence-corrected chi connectivity index (χ4v) is 1.16. The predicted octanol–water partition coefficient (Wildman–Crippen LogP) is 1.89. The highest BCUT2D eigenvalue weighted by Gasteiger charge is 2.03. The molecule has 10 heavy (non-hydrogen) atoms. The number of nitrogens with zero attached hydrogens (tertiary/aromatic N) is 2. The molecule has 0 aromatic carbocycles. The Morgan fingerprint density at radius 1 is 1.50 bits per heavy atom. The van der Waals surface area contributed by atoms with Crippen LogP contribution >= 0.6 is 12.6 Å². The largest absolute Gasteiger partial charge is 0.244 e. The van der Waals surface area contributed by atoms with E-state index in [2.05, 4.69) is 36.4 Å². The Bertz CT molecular complexity index is 223. The number of thiol groups is 1. The van der Waals surface area contributed by atoms with Crippen LogP contribution in [0.5, 0.6) is 0 Å². The van der Waals surface area contributed by atoms with Crippen molar-refractivity contribution in [3.63, 3.8) is 0 Å². The second-order valence-corrected chi connectivity index (χ2v) is 2.93. The molecular weight excluding hydrogens is 144 g/mol. The highest BCUT2D eigenvalue weighted by molar-refractivity contribution is 7.80. The van der Waals surface area contributed by atoms with Crippen molar-refractivity contribution in [3.8, 4) is 0 Å². The Labute approximate surface area is 66.1 Å². The third-order valence-electron chi connectivity index (χ3n) is 1.27. The minimum absolute atomic E-state index is 0.426. The van der Waals surface area contributed by atoms with Gasteiger partial charge in [0.2, 0.25) is 0 Å². The van der Waals surface area contributed by atoms with Crippen LogP contribution in [-0.4, -0.2) is 9.97 Å². The third kappa shape index (κ3) is 1.48. The molecule has 0 saturated carbocycles. The van der Waals surface area contributed by atoms with Crippen LogP contribution in [0.4, 0.5) is 0 Å². The van der Waals surface area contributed by atoms with E-state index in [9.17, 15) is 0 Å². The Morgan fingerprint density at radius 3 is 2.60 bits per heavy atom. The van der Waals surface area contributed by atoms with Crippen LogP contribution in [0.1, 0.15) is 25.5 Å². The van der Waals surface area contributed by atoms with Gasteiger partial charge in [-0.3, -0.25) is 0 Å². The van der Waals surface area contributed by atoms with Gasteiger partial charge in [0.15, 0.2) is 0 Å². The quantitative estimate of drug-likeness (QED) is 0.625. The number of rotatable bonds is 1. The van der Waals surface area contributed by atoms with Gasteiger partial charge in [0.05, 0.1) is 5.69 Å². The normalized spacial score (nSPS) is 10.4. The Kier molecular flexibility index (Phi) is 2.27. The van der Waals surface area contributed by atoms with Crippen LogP contribution in [0.2, 0.25) is 0 Å². The second-order valence-electron chi connectivity index (χ2n) is 2.45. The van der Waals surface area contributed by atoms with Crippen LogP contribution < -0.4 is 0 Å². The summed E-state index contributed by atoms with van der Waals surface area (Å²) in [5.41, 5.74) is 1.01. The van der Waals surface area contributed by atoms with Crippen molar-refractivity contribution in [3.05, 3.63) is 18.2 Å². The molecule has 2 nitrogen and oxygen atoms in total. The first-order chi connectivity index (χ1) is 4.72. The van der Waals surface area contributed by atoms with E-state index in [4.69, 9.17) is 0 Å². The number of hydrogen-bond acceptors (Lipinski definition) is 3. The van der Waals surface area contributed by atoms with Crippen molar-refractivity contribution < 1.29 is 0 Å². The first-order valence-electron chi connectivity index (χ1n) is 3.20. The maximum Gasteiger partial charge on any atom is 0.115 e. The van der Waals surface area contributed by atoms with E-state index < -0.39 is 0 Å². The minimum atomic E-state index is 0.426. The van der Waals surface area contributed by atoms with Crippen LogP contribution in [0.25, 0.3) is 0 Å². The van der Waals surface area contributed by atoms with Crippen LogP contribution in [-0.2, 0) is 0 Å². The predicted molar refractivity (Wildman–Crippen MR) is 43.4 cm³/mol. The molecule has 0 unspecified atom stereocenters. The standard InChI is InChI=1S/C7H10N2S/c1-5(2)7-6(10)3-8-4-9-7/h3-5,10H,1-2H3. The monoisotopic (exact) mass is 154 g/mol. The summed E-state index contributed by atoms with van der Waals surface area (Å²) < 4.78 is 0. The smallest absolute Gasteiger partial charge is 0.115 e. The molecule has 1 heterocycles. The minimum Gasteiger partial charge on any atom is -0.244 e. The topological polar surface area (TPSA) is 25.8 Å². The van der Waals surface area contributed by atoms with Gasteiger partial charge in [0.25, 0.3) is 0 Å². The summed E-state index contributed by atoms with van der Waals surface area (Å²) in [6.45, 7) is 4.17.